The van der Waals surface area contributed by atoms with Crippen LogP contribution in [-0.4, -0.2) is 44.7 Å². The lowest BCUT2D eigenvalue weighted by molar-refractivity contribution is 0.0954. The molecule has 3 N–H and O–H groups in total. The zero-order chi connectivity index (χ0) is 21.9. The molecule has 0 heterocycles. The van der Waals surface area contributed by atoms with Gasteiger partial charge in [-0.05, 0) is 58.8 Å². The van der Waals surface area contributed by atoms with Gasteiger partial charge in [-0.25, -0.2) is 0 Å². The van der Waals surface area contributed by atoms with Crippen LogP contribution < -0.4 is 0 Å². The molecule has 1 fully saturated rings. The fraction of sp³-hybridized carbons (Fsp3) is 0.792. The van der Waals surface area contributed by atoms with Crippen LogP contribution >= 0.6 is 8.86 Å². The monoisotopic (exact) mass is 426 g/mol. The fourth-order valence-corrected chi connectivity index (χ4v) is 4.35. The topological polar surface area (TPSA) is 69.9 Å². The van der Waals surface area contributed by atoms with Crippen LogP contribution in [0.3, 0.4) is 0 Å². The van der Waals surface area contributed by atoms with Gasteiger partial charge in [-0.15, -0.1) is 0 Å². The minimum absolute atomic E-state index is 0.00820. The third-order valence-corrected chi connectivity index (χ3v) is 5.98. The Morgan fingerprint density at radius 1 is 1.17 bits per heavy atom. The van der Waals surface area contributed by atoms with Crippen molar-refractivity contribution in [1.29, 1.82) is 0 Å². The first-order chi connectivity index (χ1) is 13.7. The maximum Gasteiger partial charge on any atom is 0.0799 e. The van der Waals surface area contributed by atoms with Crippen LogP contribution in [-0.2, 0) is 4.74 Å². The third-order valence-electron chi connectivity index (χ3n) is 5.61. The van der Waals surface area contributed by atoms with E-state index in [4.69, 9.17) is 4.74 Å². The Bertz CT molecular complexity index is 527. The third kappa shape index (κ3) is 10.9. The van der Waals surface area contributed by atoms with E-state index in [-0.39, 0.29) is 17.9 Å². The average Bonchev–Trinajstić information content (AvgIpc) is 2.88. The van der Waals surface area contributed by atoms with E-state index >= 15 is 0 Å². The number of rotatable bonds is 14. The summed E-state index contributed by atoms with van der Waals surface area (Å²) >= 11 is 0. The number of aliphatic hydroxyl groups excluding tert-OH is 2. The zero-order valence-electron chi connectivity index (χ0n) is 18.8. The van der Waals surface area contributed by atoms with Crippen LogP contribution in [0.4, 0.5) is 0 Å². The number of hydrogen-bond acceptors (Lipinski definition) is 4. The van der Waals surface area contributed by atoms with E-state index in [2.05, 4.69) is 27.9 Å². The molecule has 4 nitrogen and oxygen atoms in total. The molecule has 0 radical (unpaired) electrons. The standard InChI is InChI=1S/C24H43O4P/c1-5-6-11-15-24(4,27)16-14-20-19(21(25)17-22(20)26)12-9-7-8-10-13-23(29)28-18(2)3/h7,9,14,16,18-22,25-27,29H,5-6,8,10-13,15,17H2,1-4H3/b9-7+,16-14+. The van der Waals surface area contributed by atoms with E-state index in [9.17, 15) is 15.3 Å². The average molecular weight is 427 g/mol. The normalized spacial score (nSPS) is 27.3. The Balaban J connectivity index is 2.49. The molecule has 0 aliphatic heterocycles. The Morgan fingerprint density at radius 2 is 1.90 bits per heavy atom. The number of aliphatic hydroxyl groups is 3. The fourth-order valence-electron chi connectivity index (χ4n) is 3.94. The lowest BCUT2D eigenvalue weighted by Gasteiger charge is -2.23. The number of hydrogen-bond donors (Lipinski definition) is 3. The highest BCUT2D eigenvalue weighted by molar-refractivity contribution is 7.20. The van der Waals surface area contributed by atoms with Crippen molar-refractivity contribution in [1.82, 2.24) is 0 Å². The Morgan fingerprint density at radius 3 is 2.55 bits per heavy atom. The molecular formula is C24H43O4P. The molecule has 0 aromatic rings. The van der Waals surface area contributed by atoms with E-state index in [1.165, 1.54) is 0 Å². The van der Waals surface area contributed by atoms with Crippen molar-refractivity contribution in [2.45, 2.75) is 109 Å². The second-order valence-corrected chi connectivity index (χ2v) is 9.53. The summed E-state index contributed by atoms with van der Waals surface area (Å²) in [6.07, 6.45) is 15.1. The molecule has 5 atom stereocenters. The van der Waals surface area contributed by atoms with Gasteiger partial charge in [-0.3, -0.25) is 0 Å². The van der Waals surface area contributed by atoms with Crippen LogP contribution in [0, 0.1) is 11.8 Å². The number of ether oxygens (including phenoxy) is 1. The molecule has 1 aliphatic rings. The molecule has 29 heavy (non-hydrogen) atoms. The smallest absolute Gasteiger partial charge is 0.0799 e. The van der Waals surface area contributed by atoms with Crippen molar-refractivity contribution >= 4 is 14.3 Å². The molecule has 0 bridgehead atoms. The highest BCUT2D eigenvalue weighted by Gasteiger charge is 2.39. The summed E-state index contributed by atoms with van der Waals surface area (Å²) in [5.41, 5.74) is 0.0313. The SMILES string of the molecule is CCCCCC(C)(O)/C=C/C1C(O)CC(O)C1C/C=C/CCCC(=P)OC(C)C. The number of allylic oxidation sites excluding steroid dienone is 2. The summed E-state index contributed by atoms with van der Waals surface area (Å²) < 4.78 is 5.58. The first kappa shape index (κ1) is 26.5. The summed E-state index contributed by atoms with van der Waals surface area (Å²) in [7, 11) is 3.51. The summed E-state index contributed by atoms with van der Waals surface area (Å²) in [6, 6.07) is 0. The van der Waals surface area contributed by atoms with Crippen molar-refractivity contribution < 1.29 is 20.1 Å². The van der Waals surface area contributed by atoms with Gasteiger partial charge in [0.15, 0.2) is 0 Å². The van der Waals surface area contributed by atoms with Crippen molar-refractivity contribution in [2.24, 2.45) is 11.8 Å². The van der Waals surface area contributed by atoms with Crippen molar-refractivity contribution in [2.75, 3.05) is 0 Å². The summed E-state index contributed by atoms with van der Waals surface area (Å²) in [6.45, 7) is 7.99. The first-order valence-corrected chi connectivity index (χ1v) is 11.8. The van der Waals surface area contributed by atoms with Crippen LogP contribution in [0.1, 0.15) is 85.5 Å². The molecule has 168 valence electrons. The van der Waals surface area contributed by atoms with Gasteiger partial charge in [-0.1, -0.05) is 59.4 Å². The highest BCUT2D eigenvalue weighted by Crippen LogP contribution is 2.37. The molecule has 1 rings (SSSR count). The predicted octanol–water partition coefficient (Wildman–Crippen LogP) is 5.05. The quantitative estimate of drug-likeness (QED) is 0.207. The van der Waals surface area contributed by atoms with Crippen molar-refractivity contribution in [3.63, 3.8) is 0 Å². The molecule has 5 heteroatoms. The van der Waals surface area contributed by atoms with Gasteiger partial charge in [0.1, 0.15) is 0 Å². The summed E-state index contributed by atoms with van der Waals surface area (Å²) in [4.78, 5) is 0. The van der Waals surface area contributed by atoms with Gasteiger partial charge < -0.3 is 20.1 Å². The van der Waals surface area contributed by atoms with Crippen LogP contribution in [0.5, 0.6) is 0 Å². The Kier molecular flexibility index (Phi) is 12.6. The van der Waals surface area contributed by atoms with Crippen molar-refractivity contribution in [3.8, 4) is 0 Å². The number of unbranched alkanes of at least 4 members (excludes halogenated alkanes) is 3. The lowest BCUT2D eigenvalue weighted by Crippen LogP contribution is -2.24. The Labute approximate surface area is 180 Å². The van der Waals surface area contributed by atoms with Gasteiger partial charge >= 0.3 is 0 Å². The molecule has 0 spiro atoms. The van der Waals surface area contributed by atoms with E-state index < -0.39 is 17.8 Å². The molecule has 1 aliphatic carbocycles. The molecular weight excluding hydrogens is 383 g/mol. The van der Waals surface area contributed by atoms with Gasteiger partial charge in [0.05, 0.1) is 29.4 Å². The van der Waals surface area contributed by atoms with Crippen molar-refractivity contribution in [3.05, 3.63) is 24.3 Å². The second-order valence-electron chi connectivity index (χ2n) is 8.97. The first-order valence-electron chi connectivity index (χ1n) is 11.3. The lowest BCUT2D eigenvalue weighted by atomic mass is 9.88. The molecule has 0 aromatic heterocycles. The van der Waals surface area contributed by atoms with Gasteiger partial charge in [-0.2, -0.15) is 0 Å². The van der Waals surface area contributed by atoms with E-state index in [1.54, 1.807) is 0 Å². The van der Waals surface area contributed by atoms with Gasteiger partial charge in [0.25, 0.3) is 0 Å². The molecule has 0 aromatic carbocycles. The van der Waals surface area contributed by atoms with E-state index in [0.29, 0.717) is 6.42 Å². The van der Waals surface area contributed by atoms with Crippen LogP contribution in [0.15, 0.2) is 24.3 Å². The van der Waals surface area contributed by atoms with Gasteiger partial charge in [0, 0.05) is 12.3 Å². The Hall–Kier alpha value is -0.510. The van der Waals surface area contributed by atoms with E-state index in [1.807, 2.05) is 32.9 Å². The summed E-state index contributed by atoms with van der Waals surface area (Å²) in [5, 5.41) is 31.3. The molecule has 0 saturated heterocycles. The predicted molar refractivity (Wildman–Crippen MR) is 125 cm³/mol. The maximum absolute atomic E-state index is 10.6. The largest absolute Gasteiger partial charge is 0.393 e. The maximum atomic E-state index is 10.6. The second kappa shape index (κ2) is 13.7. The molecule has 0 amide bonds. The van der Waals surface area contributed by atoms with Gasteiger partial charge in [0.2, 0.25) is 0 Å². The summed E-state index contributed by atoms with van der Waals surface area (Å²) in [5.74, 6) is -0.125. The molecule has 1 saturated carbocycles. The zero-order valence-corrected chi connectivity index (χ0v) is 19.8. The highest BCUT2D eigenvalue weighted by atomic mass is 31.0. The minimum atomic E-state index is -0.857. The minimum Gasteiger partial charge on any atom is -0.393 e. The van der Waals surface area contributed by atoms with E-state index in [0.717, 1.165) is 56.8 Å². The van der Waals surface area contributed by atoms with Crippen LogP contribution in [0.25, 0.3) is 0 Å². The molecule has 5 unspecified atom stereocenters. The van der Waals surface area contributed by atoms with Crippen LogP contribution in [0.2, 0.25) is 0 Å².